The molecule has 6 heteroatoms. The van der Waals surface area contributed by atoms with Crippen LogP contribution in [-0.4, -0.2) is 25.3 Å². The average Bonchev–Trinajstić information content (AvgIpc) is 2.64. The van der Waals surface area contributed by atoms with Crippen LogP contribution in [-0.2, 0) is 10.1 Å². The monoisotopic (exact) mass is 413 g/mol. The number of para-hydroxylation sites is 1. The zero-order valence-corrected chi connectivity index (χ0v) is 17.3. The lowest BCUT2D eigenvalue weighted by Gasteiger charge is -2.27. The number of hydrogen-bond donors (Lipinski definition) is 1. The van der Waals surface area contributed by atoms with Gasteiger partial charge in [0.25, 0.3) is 10.1 Å². The minimum absolute atomic E-state index is 0.244. The molecule has 0 amide bonds. The van der Waals surface area contributed by atoms with Crippen LogP contribution in [0.2, 0.25) is 0 Å². The molecule has 2 aromatic rings. The molecule has 3 rings (SSSR count). The Morgan fingerprint density at radius 3 is 2.64 bits per heavy atom. The highest BCUT2D eigenvalue weighted by molar-refractivity contribution is 8.03. The van der Waals surface area contributed by atoms with Crippen molar-refractivity contribution in [2.45, 2.75) is 18.2 Å². The largest absolute Gasteiger partial charge is 0.347 e. The summed E-state index contributed by atoms with van der Waals surface area (Å²) in [6.45, 7) is 6.80. The summed E-state index contributed by atoms with van der Waals surface area (Å²) in [6, 6.07) is 16.2. The van der Waals surface area contributed by atoms with E-state index in [9.17, 15) is 8.42 Å². The van der Waals surface area contributed by atoms with Crippen LogP contribution >= 0.6 is 11.8 Å². The molecule has 0 unspecified atom stereocenters. The van der Waals surface area contributed by atoms with Gasteiger partial charge < -0.3 is 4.90 Å². The minimum atomic E-state index is -3.94. The number of rotatable bonds is 7. The number of allylic oxidation sites excluding steroid dienone is 3. The fourth-order valence-corrected chi connectivity index (χ4v) is 4.40. The Hall–Kier alpha value is -2.28. The zero-order valence-electron chi connectivity index (χ0n) is 15.7. The summed E-state index contributed by atoms with van der Waals surface area (Å²) < 4.78 is 30.9. The van der Waals surface area contributed by atoms with Crippen LogP contribution in [0.4, 0.5) is 5.69 Å². The van der Waals surface area contributed by atoms with E-state index in [2.05, 4.69) is 31.7 Å². The molecule has 0 aliphatic carbocycles. The molecular weight excluding hydrogens is 390 g/mol. The van der Waals surface area contributed by atoms with E-state index in [-0.39, 0.29) is 5.75 Å². The van der Waals surface area contributed by atoms with Crippen molar-refractivity contribution in [3.05, 3.63) is 89.5 Å². The van der Waals surface area contributed by atoms with Crippen LogP contribution in [0, 0.1) is 6.92 Å². The second-order valence-corrected chi connectivity index (χ2v) is 9.34. The Kier molecular flexibility index (Phi) is 6.44. The van der Waals surface area contributed by atoms with Gasteiger partial charge in [0.1, 0.15) is 0 Å². The SMILES string of the molecule is C=C(/C=C1\C=CN(CCCS(=O)(=O)O)c2ccccc21)Sc1ccccc1C. The van der Waals surface area contributed by atoms with Crippen molar-refractivity contribution in [2.75, 3.05) is 17.2 Å². The molecule has 1 aliphatic heterocycles. The predicted molar refractivity (Wildman–Crippen MR) is 118 cm³/mol. The highest BCUT2D eigenvalue weighted by atomic mass is 32.2. The van der Waals surface area contributed by atoms with Crippen LogP contribution in [0.25, 0.3) is 5.57 Å². The van der Waals surface area contributed by atoms with E-state index >= 15 is 0 Å². The maximum absolute atomic E-state index is 11.0. The lowest BCUT2D eigenvalue weighted by atomic mass is 9.99. The maximum atomic E-state index is 11.0. The van der Waals surface area contributed by atoms with Crippen LogP contribution < -0.4 is 4.90 Å². The van der Waals surface area contributed by atoms with Gasteiger partial charge in [-0.1, -0.05) is 54.7 Å². The van der Waals surface area contributed by atoms with Crippen molar-refractivity contribution in [2.24, 2.45) is 0 Å². The molecule has 28 heavy (non-hydrogen) atoms. The van der Waals surface area contributed by atoms with Crippen LogP contribution in [0.3, 0.4) is 0 Å². The molecule has 0 saturated carbocycles. The van der Waals surface area contributed by atoms with Crippen molar-refractivity contribution in [3.8, 4) is 0 Å². The van der Waals surface area contributed by atoms with Gasteiger partial charge in [0.2, 0.25) is 0 Å². The lowest BCUT2D eigenvalue weighted by molar-refractivity contribution is 0.481. The van der Waals surface area contributed by atoms with Gasteiger partial charge in [0.05, 0.1) is 5.75 Å². The summed E-state index contributed by atoms with van der Waals surface area (Å²) >= 11 is 1.64. The molecule has 0 bridgehead atoms. The molecule has 0 fully saturated rings. The summed E-state index contributed by atoms with van der Waals surface area (Å²) in [4.78, 5) is 4.14. The highest BCUT2D eigenvalue weighted by Crippen LogP contribution is 2.36. The lowest BCUT2D eigenvalue weighted by Crippen LogP contribution is -2.23. The summed E-state index contributed by atoms with van der Waals surface area (Å²) in [5.41, 5.74) is 4.37. The number of fused-ring (bicyclic) bond motifs is 1. The fourth-order valence-electron chi connectivity index (χ4n) is 3.06. The third-order valence-electron chi connectivity index (χ3n) is 4.41. The summed E-state index contributed by atoms with van der Waals surface area (Å²) in [5.74, 6) is -0.244. The Balaban J connectivity index is 1.78. The smallest absolute Gasteiger partial charge is 0.264 e. The zero-order chi connectivity index (χ0) is 20.1. The Bertz CT molecular complexity index is 1040. The number of benzene rings is 2. The second kappa shape index (κ2) is 8.82. The molecule has 146 valence electrons. The van der Waals surface area contributed by atoms with Crippen molar-refractivity contribution in [1.82, 2.24) is 0 Å². The quantitative estimate of drug-likeness (QED) is 0.493. The summed E-state index contributed by atoms with van der Waals surface area (Å²) in [5, 5.41) is 0. The Labute approximate surface area is 171 Å². The van der Waals surface area contributed by atoms with Gasteiger partial charge in [0, 0.05) is 33.8 Å². The molecule has 0 spiro atoms. The second-order valence-electron chi connectivity index (χ2n) is 6.60. The number of anilines is 1. The van der Waals surface area contributed by atoms with E-state index < -0.39 is 10.1 Å². The Morgan fingerprint density at radius 1 is 1.18 bits per heavy atom. The third kappa shape index (κ3) is 5.38. The van der Waals surface area contributed by atoms with Gasteiger partial charge in [-0.15, -0.1) is 0 Å². The van der Waals surface area contributed by atoms with Crippen molar-refractivity contribution < 1.29 is 13.0 Å². The van der Waals surface area contributed by atoms with Gasteiger partial charge >= 0.3 is 0 Å². The van der Waals surface area contributed by atoms with E-state index in [0.29, 0.717) is 13.0 Å². The fraction of sp³-hybridized carbons (Fsp3) is 0.182. The molecular formula is C22H23NO3S2. The van der Waals surface area contributed by atoms with Crippen molar-refractivity contribution >= 4 is 33.1 Å². The summed E-state index contributed by atoms with van der Waals surface area (Å²) in [6.07, 6.45) is 6.39. The standard InChI is InChI=1S/C22H23NO3S2/c1-17-8-3-6-11-22(17)27-18(2)16-19-12-14-23(13-7-15-28(24,25)26)21-10-5-4-9-20(19)21/h3-6,8-12,14,16H,2,7,13,15H2,1H3,(H,24,25,26)/b19-16+. The topological polar surface area (TPSA) is 57.6 Å². The minimum Gasteiger partial charge on any atom is -0.347 e. The molecule has 0 atom stereocenters. The molecule has 0 saturated heterocycles. The predicted octanol–water partition coefficient (Wildman–Crippen LogP) is 5.30. The van der Waals surface area contributed by atoms with E-state index in [1.54, 1.807) is 11.8 Å². The van der Waals surface area contributed by atoms with E-state index in [4.69, 9.17) is 4.55 Å². The maximum Gasteiger partial charge on any atom is 0.264 e. The van der Waals surface area contributed by atoms with Gasteiger partial charge in [-0.3, -0.25) is 4.55 Å². The third-order valence-corrected chi connectivity index (χ3v) is 6.27. The molecule has 2 aromatic carbocycles. The van der Waals surface area contributed by atoms with E-state index in [1.807, 2.05) is 53.6 Å². The highest BCUT2D eigenvalue weighted by Gasteiger charge is 2.16. The number of thioether (sulfide) groups is 1. The van der Waals surface area contributed by atoms with E-state index in [0.717, 1.165) is 21.7 Å². The molecule has 0 aromatic heterocycles. The molecule has 1 aliphatic rings. The molecule has 4 nitrogen and oxygen atoms in total. The first-order chi connectivity index (χ1) is 13.3. The van der Waals surface area contributed by atoms with Crippen LogP contribution in [0.5, 0.6) is 0 Å². The van der Waals surface area contributed by atoms with Crippen LogP contribution in [0.15, 0.2) is 83.3 Å². The first kappa shape index (κ1) is 20.5. The summed E-state index contributed by atoms with van der Waals surface area (Å²) in [7, 11) is -3.94. The number of nitrogens with zero attached hydrogens (tertiary/aromatic N) is 1. The van der Waals surface area contributed by atoms with Gasteiger partial charge in [-0.05, 0) is 48.8 Å². The van der Waals surface area contributed by atoms with Gasteiger partial charge in [0.15, 0.2) is 0 Å². The van der Waals surface area contributed by atoms with Crippen molar-refractivity contribution in [1.29, 1.82) is 0 Å². The Morgan fingerprint density at radius 2 is 1.89 bits per heavy atom. The van der Waals surface area contributed by atoms with E-state index in [1.165, 1.54) is 10.5 Å². The van der Waals surface area contributed by atoms with Gasteiger partial charge in [-0.2, -0.15) is 8.42 Å². The molecule has 1 heterocycles. The first-order valence-electron chi connectivity index (χ1n) is 8.97. The first-order valence-corrected chi connectivity index (χ1v) is 11.4. The molecule has 0 radical (unpaired) electrons. The number of hydrogen-bond acceptors (Lipinski definition) is 4. The normalized spacial score (nSPS) is 14.9. The molecule has 1 N–H and O–H groups in total. The van der Waals surface area contributed by atoms with Crippen molar-refractivity contribution in [3.63, 3.8) is 0 Å². The average molecular weight is 414 g/mol. The van der Waals surface area contributed by atoms with Gasteiger partial charge in [-0.25, -0.2) is 0 Å². The van der Waals surface area contributed by atoms with Crippen LogP contribution in [0.1, 0.15) is 17.5 Å². The number of aryl methyl sites for hydroxylation is 1.